The van der Waals surface area contributed by atoms with Crippen molar-refractivity contribution >= 4 is 28.3 Å². The molecule has 4 aromatic rings. The van der Waals surface area contributed by atoms with Gasteiger partial charge >= 0.3 is 0 Å². The van der Waals surface area contributed by atoms with Gasteiger partial charge in [-0.05, 0) is 36.1 Å². The normalized spacial score (nSPS) is 13.9. The standard InChI is InChI=1S/C29H26N2O3/c1-2-34-27-26(22-13-7-4-8-14-22)28(32)31(29(27)33)18-17-23-20-30(19-21-11-5-3-6-12-21)25-16-10-9-15-24(23)25/h3-16,20H,2,17-19H2,1H3. The van der Waals surface area contributed by atoms with Gasteiger partial charge in [-0.1, -0.05) is 78.9 Å². The lowest BCUT2D eigenvalue weighted by atomic mass is 10.1. The van der Waals surface area contributed by atoms with E-state index in [-0.39, 0.29) is 17.6 Å². The van der Waals surface area contributed by atoms with E-state index < -0.39 is 0 Å². The van der Waals surface area contributed by atoms with Crippen LogP contribution in [0.4, 0.5) is 0 Å². The summed E-state index contributed by atoms with van der Waals surface area (Å²) in [5.74, 6) is -0.517. The average molecular weight is 451 g/mol. The van der Waals surface area contributed by atoms with Crippen LogP contribution in [0.5, 0.6) is 0 Å². The molecule has 3 aromatic carbocycles. The van der Waals surface area contributed by atoms with Crippen LogP contribution >= 0.6 is 0 Å². The zero-order valence-electron chi connectivity index (χ0n) is 19.1. The Morgan fingerprint density at radius 3 is 2.21 bits per heavy atom. The van der Waals surface area contributed by atoms with E-state index in [4.69, 9.17) is 4.74 Å². The highest BCUT2D eigenvalue weighted by molar-refractivity contribution is 6.35. The maximum absolute atomic E-state index is 13.3. The molecule has 34 heavy (non-hydrogen) atoms. The molecule has 1 aliphatic rings. The third-order valence-corrected chi connectivity index (χ3v) is 6.15. The number of hydrogen-bond acceptors (Lipinski definition) is 3. The lowest BCUT2D eigenvalue weighted by molar-refractivity contribution is -0.138. The highest BCUT2D eigenvalue weighted by Crippen LogP contribution is 2.31. The molecule has 0 unspecified atom stereocenters. The Labute approximate surface area is 198 Å². The van der Waals surface area contributed by atoms with Crippen molar-refractivity contribution in [3.8, 4) is 0 Å². The Morgan fingerprint density at radius 1 is 0.794 bits per heavy atom. The summed E-state index contributed by atoms with van der Waals surface area (Å²) in [5, 5.41) is 1.14. The molecular weight excluding hydrogens is 424 g/mol. The third kappa shape index (κ3) is 4.01. The molecule has 0 saturated carbocycles. The predicted molar refractivity (Wildman–Crippen MR) is 133 cm³/mol. The minimum absolute atomic E-state index is 0.144. The van der Waals surface area contributed by atoms with E-state index in [0.717, 1.165) is 23.0 Å². The maximum atomic E-state index is 13.3. The van der Waals surface area contributed by atoms with Crippen LogP contribution in [0.3, 0.4) is 0 Å². The van der Waals surface area contributed by atoms with Crippen LogP contribution in [0, 0.1) is 0 Å². The minimum Gasteiger partial charge on any atom is -0.488 e. The van der Waals surface area contributed by atoms with Gasteiger partial charge in [0, 0.05) is 30.2 Å². The first kappa shape index (κ1) is 21.7. The fraction of sp³-hybridized carbons (Fsp3) is 0.172. The monoisotopic (exact) mass is 450 g/mol. The zero-order chi connectivity index (χ0) is 23.5. The molecule has 0 atom stereocenters. The largest absolute Gasteiger partial charge is 0.488 e. The molecule has 0 aliphatic carbocycles. The number of aromatic nitrogens is 1. The molecule has 0 bridgehead atoms. The molecule has 0 fully saturated rings. The van der Waals surface area contributed by atoms with Crippen molar-refractivity contribution in [2.75, 3.05) is 13.2 Å². The van der Waals surface area contributed by atoms with E-state index in [1.165, 1.54) is 10.5 Å². The van der Waals surface area contributed by atoms with Crippen molar-refractivity contribution in [1.82, 2.24) is 9.47 Å². The summed E-state index contributed by atoms with van der Waals surface area (Å²) in [4.78, 5) is 27.7. The predicted octanol–water partition coefficient (Wildman–Crippen LogP) is 5.05. The van der Waals surface area contributed by atoms with E-state index in [1.54, 1.807) is 0 Å². The smallest absolute Gasteiger partial charge is 0.296 e. The van der Waals surface area contributed by atoms with Gasteiger partial charge in [0.1, 0.15) is 0 Å². The molecule has 5 heteroatoms. The Morgan fingerprint density at radius 2 is 1.47 bits per heavy atom. The molecule has 1 aliphatic heterocycles. The summed E-state index contributed by atoms with van der Waals surface area (Å²) in [5.41, 5.74) is 4.51. The lowest BCUT2D eigenvalue weighted by Gasteiger charge is -2.14. The van der Waals surface area contributed by atoms with Crippen molar-refractivity contribution in [2.45, 2.75) is 19.9 Å². The zero-order valence-corrected chi connectivity index (χ0v) is 19.1. The summed E-state index contributed by atoms with van der Waals surface area (Å²) >= 11 is 0. The number of carbonyl (C=O) groups is 2. The van der Waals surface area contributed by atoms with Gasteiger partial charge < -0.3 is 9.30 Å². The molecule has 0 spiro atoms. The SMILES string of the molecule is CCOC1=C(c2ccccc2)C(=O)N(CCc2cn(Cc3ccccc3)c3ccccc23)C1=O. The van der Waals surface area contributed by atoms with Gasteiger partial charge in [0.05, 0.1) is 12.2 Å². The first-order chi connectivity index (χ1) is 16.7. The molecule has 0 N–H and O–H groups in total. The number of fused-ring (bicyclic) bond motifs is 1. The molecule has 2 amide bonds. The molecule has 5 nitrogen and oxygen atoms in total. The van der Waals surface area contributed by atoms with Crippen LogP contribution in [0.2, 0.25) is 0 Å². The molecule has 0 saturated heterocycles. The summed E-state index contributed by atoms with van der Waals surface area (Å²) in [6.45, 7) is 3.20. The molecule has 170 valence electrons. The molecule has 2 heterocycles. The first-order valence-corrected chi connectivity index (χ1v) is 11.6. The Hall–Kier alpha value is -4.12. The van der Waals surface area contributed by atoms with Gasteiger partial charge in [0.2, 0.25) is 0 Å². The number of ether oxygens (including phenoxy) is 1. The van der Waals surface area contributed by atoms with Crippen LogP contribution in [0.25, 0.3) is 16.5 Å². The average Bonchev–Trinajstić information content (AvgIpc) is 3.33. The third-order valence-electron chi connectivity index (χ3n) is 6.15. The van der Waals surface area contributed by atoms with E-state index in [0.29, 0.717) is 30.7 Å². The van der Waals surface area contributed by atoms with Crippen molar-refractivity contribution in [1.29, 1.82) is 0 Å². The number of nitrogens with zero attached hydrogens (tertiary/aromatic N) is 2. The van der Waals surface area contributed by atoms with Gasteiger partial charge in [-0.3, -0.25) is 14.5 Å². The number of carbonyl (C=O) groups excluding carboxylic acids is 2. The van der Waals surface area contributed by atoms with E-state index in [2.05, 4.69) is 35.0 Å². The molecule has 0 radical (unpaired) electrons. The highest BCUT2D eigenvalue weighted by Gasteiger charge is 2.40. The van der Waals surface area contributed by atoms with E-state index >= 15 is 0 Å². The molecule has 5 rings (SSSR count). The summed E-state index contributed by atoms with van der Waals surface area (Å²) in [7, 11) is 0. The van der Waals surface area contributed by atoms with Crippen molar-refractivity contribution in [3.63, 3.8) is 0 Å². The van der Waals surface area contributed by atoms with Crippen LogP contribution in [-0.4, -0.2) is 34.4 Å². The van der Waals surface area contributed by atoms with E-state index in [1.807, 2.05) is 67.6 Å². The van der Waals surface area contributed by atoms with Crippen LogP contribution in [0.15, 0.2) is 96.9 Å². The fourth-order valence-corrected chi connectivity index (χ4v) is 4.56. The lowest BCUT2D eigenvalue weighted by Crippen LogP contribution is -2.33. The van der Waals surface area contributed by atoms with Crippen molar-refractivity contribution in [3.05, 3.63) is 114 Å². The number of rotatable bonds is 8. The van der Waals surface area contributed by atoms with E-state index in [9.17, 15) is 9.59 Å². The van der Waals surface area contributed by atoms with Crippen molar-refractivity contribution < 1.29 is 14.3 Å². The Bertz CT molecular complexity index is 1370. The Balaban J connectivity index is 1.41. The van der Waals surface area contributed by atoms with Crippen LogP contribution in [-0.2, 0) is 27.3 Å². The number of benzene rings is 3. The minimum atomic E-state index is -0.362. The number of imide groups is 1. The Kier molecular flexibility index (Phi) is 6.00. The number of hydrogen-bond donors (Lipinski definition) is 0. The maximum Gasteiger partial charge on any atom is 0.296 e. The quantitative estimate of drug-likeness (QED) is 0.353. The number of para-hydroxylation sites is 1. The second-order valence-corrected chi connectivity index (χ2v) is 8.30. The summed E-state index contributed by atoms with van der Waals surface area (Å²) in [6, 6.07) is 27.8. The summed E-state index contributed by atoms with van der Waals surface area (Å²) < 4.78 is 7.87. The molecule has 1 aromatic heterocycles. The fourth-order valence-electron chi connectivity index (χ4n) is 4.56. The second kappa shape index (κ2) is 9.40. The summed E-state index contributed by atoms with van der Waals surface area (Å²) in [6.07, 6.45) is 2.71. The number of amides is 2. The first-order valence-electron chi connectivity index (χ1n) is 11.6. The van der Waals surface area contributed by atoms with Crippen LogP contribution in [0.1, 0.15) is 23.6 Å². The van der Waals surface area contributed by atoms with Gasteiger partial charge in [-0.15, -0.1) is 0 Å². The van der Waals surface area contributed by atoms with Crippen molar-refractivity contribution in [2.24, 2.45) is 0 Å². The van der Waals surface area contributed by atoms with Gasteiger partial charge in [0.15, 0.2) is 5.76 Å². The topological polar surface area (TPSA) is 51.5 Å². The van der Waals surface area contributed by atoms with Gasteiger partial charge in [-0.2, -0.15) is 0 Å². The van der Waals surface area contributed by atoms with Gasteiger partial charge in [0.25, 0.3) is 11.8 Å². The molecular formula is C29H26N2O3. The van der Waals surface area contributed by atoms with Gasteiger partial charge in [-0.25, -0.2) is 0 Å². The second-order valence-electron chi connectivity index (χ2n) is 8.30. The van der Waals surface area contributed by atoms with Crippen LogP contribution < -0.4 is 0 Å². The highest BCUT2D eigenvalue weighted by atomic mass is 16.5.